The summed E-state index contributed by atoms with van der Waals surface area (Å²) in [6.07, 6.45) is 5.24. The van der Waals surface area contributed by atoms with E-state index in [1.807, 2.05) is 18.2 Å². The van der Waals surface area contributed by atoms with E-state index in [0.29, 0.717) is 0 Å². The maximum absolute atomic E-state index is 11.2. The van der Waals surface area contributed by atoms with E-state index in [9.17, 15) is 4.79 Å². The van der Waals surface area contributed by atoms with E-state index in [1.54, 1.807) is 11.6 Å². The first-order valence-electron chi connectivity index (χ1n) is 7.94. The predicted octanol–water partition coefficient (Wildman–Crippen LogP) is 2.29. The summed E-state index contributed by atoms with van der Waals surface area (Å²) in [5, 5.41) is 8.58. The topological polar surface area (TPSA) is 55.8 Å². The summed E-state index contributed by atoms with van der Waals surface area (Å²) in [5.41, 5.74) is 5.12. The third kappa shape index (κ3) is 4.94. The van der Waals surface area contributed by atoms with Gasteiger partial charge in [-0.3, -0.25) is 14.9 Å². The van der Waals surface area contributed by atoms with Gasteiger partial charge in [-0.2, -0.15) is 0 Å². The smallest absolute Gasteiger partial charge is 0.267 e. The Kier molecular flexibility index (Phi) is 6.38. The molecule has 0 bridgehead atoms. The zero-order valence-electron chi connectivity index (χ0n) is 13.8. The molecule has 5 heteroatoms. The minimum atomic E-state index is -0.522. The quantitative estimate of drug-likeness (QED) is 0.379. The Morgan fingerprint density at radius 1 is 1.26 bits per heavy atom. The second-order valence-electron chi connectivity index (χ2n) is 5.77. The molecule has 124 valence electrons. The molecule has 0 saturated carbocycles. The molecule has 0 spiro atoms. The number of hydrogen-bond donors (Lipinski definition) is 2. The van der Waals surface area contributed by atoms with Gasteiger partial charge < -0.3 is 4.90 Å². The van der Waals surface area contributed by atoms with Crippen LogP contribution in [-0.4, -0.2) is 48.7 Å². The van der Waals surface area contributed by atoms with Gasteiger partial charge in [0.2, 0.25) is 0 Å². The van der Waals surface area contributed by atoms with Crippen LogP contribution < -0.4 is 10.4 Å². The molecule has 1 aliphatic heterocycles. The highest BCUT2D eigenvalue weighted by molar-refractivity contribution is 5.91. The van der Waals surface area contributed by atoms with Crippen LogP contribution in [0.3, 0.4) is 0 Å². The van der Waals surface area contributed by atoms with E-state index in [-0.39, 0.29) is 0 Å². The standard InChI is InChI=1S/C18H25N3O2/c1-3-15(2)14-20-10-12-21(13-11-20)17-7-5-4-6-16(17)8-9-18(22)19-23/h3-9,23H,10-14H2,1-2H3,(H,19,22)/b9-8+,15-3+. The van der Waals surface area contributed by atoms with Crippen LogP contribution in [0.25, 0.3) is 6.08 Å². The van der Waals surface area contributed by atoms with Gasteiger partial charge in [-0.1, -0.05) is 29.8 Å². The zero-order valence-corrected chi connectivity index (χ0v) is 13.8. The number of carbonyl (C=O) groups is 1. The first kappa shape index (κ1) is 17.2. The number of nitrogens with one attached hydrogen (secondary N) is 1. The molecule has 1 saturated heterocycles. The van der Waals surface area contributed by atoms with Gasteiger partial charge in [0.25, 0.3) is 5.91 Å². The minimum absolute atomic E-state index is 0.522. The van der Waals surface area contributed by atoms with Gasteiger partial charge in [0.15, 0.2) is 0 Å². The normalized spacial score (nSPS) is 16.8. The first-order chi connectivity index (χ1) is 11.1. The van der Waals surface area contributed by atoms with Crippen LogP contribution in [0.2, 0.25) is 0 Å². The van der Waals surface area contributed by atoms with Crippen LogP contribution in [0.5, 0.6) is 0 Å². The molecule has 0 radical (unpaired) electrons. The first-order valence-corrected chi connectivity index (χ1v) is 7.94. The minimum Gasteiger partial charge on any atom is -0.368 e. The number of para-hydroxylation sites is 1. The zero-order chi connectivity index (χ0) is 16.7. The lowest BCUT2D eigenvalue weighted by atomic mass is 10.1. The third-order valence-corrected chi connectivity index (χ3v) is 4.14. The lowest BCUT2D eigenvalue weighted by Crippen LogP contribution is -2.47. The fourth-order valence-corrected chi connectivity index (χ4v) is 2.71. The van der Waals surface area contributed by atoms with E-state index < -0.39 is 5.91 Å². The highest BCUT2D eigenvalue weighted by Gasteiger charge is 2.18. The number of anilines is 1. The van der Waals surface area contributed by atoms with Crippen molar-refractivity contribution in [3.63, 3.8) is 0 Å². The van der Waals surface area contributed by atoms with E-state index in [1.165, 1.54) is 11.6 Å². The van der Waals surface area contributed by atoms with Crippen molar-refractivity contribution in [2.45, 2.75) is 13.8 Å². The fraction of sp³-hybridized carbons (Fsp3) is 0.389. The van der Waals surface area contributed by atoms with Crippen LogP contribution in [-0.2, 0) is 4.79 Å². The van der Waals surface area contributed by atoms with Crippen molar-refractivity contribution in [3.8, 4) is 0 Å². The summed E-state index contributed by atoms with van der Waals surface area (Å²) in [4.78, 5) is 16.0. The largest absolute Gasteiger partial charge is 0.368 e. The van der Waals surface area contributed by atoms with E-state index in [4.69, 9.17) is 5.21 Å². The molecular weight excluding hydrogens is 290 g/mol. The molecule has 0 unspecified atom stereocenters. The fourth-order valence-electron chi connectivity index (χ4n) is 2.71. The van der Waals surface area contributed by atoms with Crippen molar-refractivity contribution in [1.82, 2.24) is 10.4 Å². The summed E-state index contributed by atoms with van der Waals surface area (Å²) in [6, 6.07) is 8.01. The van der Waals surface area contributed by atoms with E-state index >= 15 is 0 Å². The summed E-state index contributed by atoms with van der Waals surface area (Å²) in [5.74, 6) is -0.522. The van der Waals surface area contributed by atoms with Crippen molar-refractivity contribution in [1.29, 1.82) is 0 Å². The summed E-state index contributed by atoms with van der Waals surface area (Å²) in [7, 11) is 0. The Hall–Kier alpha value is -2.11. The number of benzene rings is 1. The highest BCUT2D eigenvalue weighted by atomic mass is 16.5. The molecule has 1 heterocycles. The van der Waals surface area contributed by atoms with Gasteiger partial charge in [0, 0.05) is 44.5 Å². The van der Waals surface area contributed by atoms with Gasteiger partial charge >= 0.3 is 0 Å². The number of hydrogen-bond acceptors (Lipinski definition) is 4. The molecule has 2 N–H and O–H groups in total. The molecule has 0 atom stereocenters. The van der Waals surface area contributed by atoms with Crippen LogP contribution in [0.4, 0.5) is 5.69 Å². The lowest BCUT2D eigenvalue weighted by molar-refractivity contribution is -0.124. The monoisotopic (exact) mass is 315 g/mol. The average molecular weight is 315 g/mol. The molecule has 0 aromatic heterocycles. The van der Waals surface area contributed by atoms with E-state index in [0.717, 1.165) is 44.0 Å². The van der Waals surface area contributed by atoms with Crippen molar-refractivity contribution >= 4 is 17.7 Å². The summed E-state index contributed by atoms with van der Waals surface area (Å²) in [6.45, 7) is 9.26. The number of carbonyl (C=O) groups excluding carboxylic acids is 1. The Morgan fingerprint density at radius 3 is 2.61 bits per heavy atom. The number of piperazine rings is 1. The third-order valence-electron chi connectivity index (χ3n) is 4.14. The number of hydroxylamine groups is 1. The molecule has 1 fully saturated rings. The molecular formula is C18H25N3O2. The van der Waals surface area contributed by atoms with Crippen LogP contribution >= 0.6 is 0 Å². The maximum Gasteiger partial charge on any atom is 0.267 e. The highest BCUT2D eigenvalue weighted by Crippen LogP contribution is 2.23. The Bertz CT molecular complexity index is 588. The Labute approximate surface area is 137 Å². The summed E-state index contributed by atoms with van der Waals surface area (Å²) < 4.78 is 0. The SMILES string of the molecule is C/C=C(\C)CN1CCN(c2ccccc2/C=C/C(=O)NO)CC1. The molecule has 2 rings (SSSR count). The van der Waals surface area contributed by atoms with Gasteiger partial charge in [0.1, 0.15) is 0 Å². The number of amides is 1. The van der Waals surface area contributed by atoms with Crippen molar-refractivity contribution in [2.24, 2.45) is 0 Å². The predicted molar refractivity (Wildman–Crippen MR) is 93.5 cm³/mol. The molecule has 0 aliphatic carbocycles. The Morgan fingerprint density at radius 2 is 1.96 bits per heavy atom. The average Bonchev–Trinajstić information content (AvgIpc) is 2.60. The van der Waals surface area contributed by atoms with Crippen molar-refractivity contribution in [3.05, 3.63) is 47.6 Å². The number of nitrogens with zero attached hydrogens (tertiary/aromatic N) is 2. The second kappa shape index (κ2) is 8.50. The molecule has 1 aliphatic rings. The van der Waals surface area contributed by atoms with Gasteiger partial charge in [-0.05, 0) is 31.6 Å². The lowest BCUT2D eigenvalue weighted by Gasteiger charge is -2.37. The molecule has 23 heavy (non-hydrogen) atoms. The van der Waals surface area contributed by atoms with Crippen molar-refractivity contribution < 1.29 is 10.0 Å². The number of allylic oxidation sites excluding steroid dienone is 1. The second-order valence-corrected chi connectivity index (χ2v) is 5.77. The Balaban J connectivity index is 2.03. The molecule has 1 amide bonds. The van der Waals surface area contributed by atoms with E-state index in [2.05, 4.69) is 35.8 Å². The maximum atomic E-state index is 11.2. The molecule has 1 aromatic rings. The molecule has 5 nitrogen and oxygen atoms in total. The van der Waals surface area contributed by atoms with Gasteiger partial charge in [0.05, 0.1) is 0 Å². The molecule has 1 aromatic carbocycles. The summed E-state index contributed by atoms with van der Waals surface area (Å²) >= 11 is 0. The van der Waals surface area contributed by atoms with Crippen LogP contribution in [0.1, 0.15) is 19.4 Å². The van der Waals surface area contributed by atoms with Gasteiger partial charge in [-0.15, -0.1) is 0 Å². The number of rotatable bonds is 5. The van der Waals surface area contributed by atoms with Crippen LogP contribution in [0.15, 0.2) is 42.0 Å². The van der Waals surface area contributed by atoms with Crippen molar-refractivity contribution in [2.75, 3.05) is 37.6 Å². The van der Waals surface area contributed by atoms with Crippen LogP contribution in [0, 0.1) is 0 Å². The van der Waals surface area contributed by atoms with Gasteiger partial charge in [-0.25, -0.2) is 5.48 Å².